The summed E-state index contributed by atoms with van der Waals surface area (Å²) >= 11 is 7.29. The molecule has 1 aromatic heterocycles. The summed E-state index contributed by atoms with van der Waals surface area (Å²) in [6, 6.07) is 5.86. The number of nitrogens with zero attached hydrogens (tertiary/aromatic N) is 2. The number of nitrogens with one attached hydrogen (secondary N) is 1. The Bertz CT molecular complexity index is 686. The van der Waals surface area contributed by atoms with Crippen molar-refractivity contribution in [2.45, 2.75) is 18.0 Å². The number of benzene rings is 1. The minimum Gasteiger partial charge on any atom is -0.494 e. The molecule has 0 saturated carbocycles. The quantitative estimate of drug-likeness (QED) is 0.437. The lowest BCUT2D eigenvalue weighted by Crippen LogP contribution is -2.26. The van der Waals surface area contributed by atoms with Crippen LogP contribution in [0.5, 0.6) is 5.75 Å². The number of carbonyl (C=O) groups is 1. The average Bonchev–Trinajstić information content (AvgIpc) is 2.59. The van der Waals surface area contributed by atoms with E-state index in [-0.39, 0.29) is 22.4 Å². The molecule has 0 spiro atoms. The first-order chi connectivity index (χ1) is 11.6. The zero-order valence-corrected chi connectivity index (χ0v) is 14.7. The summed E-state index contributed by atoms with van der Waals surface area (Å²) in [6.45, 7) is 0.979. The zero-order valence-electron chi connectivity index (χ0n) is 13.1. The molecule has 2 aromatic rings. The molecule has 0 aliphatic heterocycles. The molecule has 0 atom stereocenters. The van der Waals surface area contributed by atoms with Crippen LogP contribution in [0.4, 0.5) is 4.39 Å². The van der Waals surface area contributed by atoms with Gasteiger partial charge in [-0.2, -0.15) is 0 Å². The van der Waals surface area contributed by atoms with Crippen LogP contribution in [0.25, 0.3) is 0 Å². The van der Waals surface area contributed by atoms with Crippen molar-refractivity contribution in [3.05, 3.63) is 47.0 Å². The first-order valence-electron chi connectivity index (χ1n) is 7.33. The van der Waals surface area contributed by atoms with Crippen LogP contribution < -0.4 is 10.1 Å². The number of ether oxygens (including phenoxy) is 1. The van der Waals surface area contributed by atoms with Crippen LogP contribution in [0.3, 0.4) is 0 Å². The van der Waals surface area contributed by atoms with Crippen LogP contribution in [-0.2, 0) is 0 Å². The molecule has 2 rings (SSSR count). The van der Waals surface area contributed by atoms with Gasteiger partial charge in [0.15, 0.2) is 10.9 Å². The van der Waals surface area contributed by atoms with Crippen LogP contribution in [0.2, 0.25) is 5.02 Å². The molecule has 8 heteroatoms. The summed E-state index contributed by atoms with van der Waals surface area (Å²) in [6.07, 6.45) is 4.74. The van der Waals surface area contributed by atoms with Gasteiger partial charge in [-0.05, 0) is 43.4 Å². The molecule has 1 amide bonds. The molecule has 1 heterocycles. The van der Waals surface area contributed by atoms with Crippen molar-refractivity contribution in [2.24, 2.45) is 0 Å². The van der Waals surface area contributed by atoms with E-state index in [4.69, 9.17) is 16.3 Å². The van der Waals surface area contributed by atoms with Crippen LogP contribution >= 0.6 is 23.4 Å². The van der Waals surface area contributed by atoms with Crippen LogP contribution in [0.1, 0.15) is 23.3 Å². The summed E-state index contributed by atoms with van der Waals surface area (Å²) in [5, 5.41) is 3.49. The lowest BCUT2D eigenvalue weighted by molar-refractivity contribution is 0.0946. The summed E-state index contributed by atoms with van der Waals surface area (Å²) < 4.78 is 18.2. The van der Waals surface area contributed by atoms with E-state index in [1.807, 2.05) is 6.26 Å². The van der Waals surface area contributed by atoms with Crippen molar-refractivity contribution < 1.29 is 13.9 Å². The second kappa shape index (κ2) is 9.44. The molecule has 24 heavy (non-hydrogen) atoms. The van der Waals surface area contributed by atoms with E-state index < -0.39 is 0 Å². The molecular formula is C16H17ClFN3O2S. The molecule has 0 unspecified atom stereocenters. The summed E-state index contributed by atoms with van der Waals surface area (Å²) in [4.78, 5) is 20.2. The number of carbonyl (C=O) groups excluding carboxylic acids is 1. The van der Waals surface area contributed by atoms with Crippen molar-refractivity contribution >= 4 is 29.3 Å². The van der Waals surface area contributed by atoms with Gasteiger partial charge in [0.25, 0.3) is 5.91 Å². The number of amides is 1. The Labute approximate surface area is 149 Å². The standard InChI is InChI=1S/C16H17ClFN3O2S/c1-24-16-20-10-13(17)14(21-16)15(22)19-8-2-3-9-23-12-6-4-11(18)5-7-12/h4-7,10H,2-3,8-9H2,1H3,(H,19,22). The number of hydrogen-bond acceptors (Lipinski definition) is 5. The van der Waals surface area contributed by atoms with Crippen LogP contribution in [0, 0.1) is 5.82 Å². The Morgan fingerprint density at radius 3 is 2.79 bits per heavy atom. The van der Waals surface area contributed by atoms with E-state index in [0.717, 1.165) is 12.8 Å². The SMILES string of the molecule is CSc1ncc(Cl)c(C(=O)NCCCCOc2ccc(F)cc2)n1. The van der Waals surface area contributed by atoms with E-state index in [2.05, 4.69) is 15.3 Å². The fraction of sp³-hybridized carbons (Fsp3) is 0.312. The minimum absolute atomic E-state index is 0.179. The van der Waals surface area contributed by atoms with Gasteiger partial charge in [-0.25, -0.2) is 14.4 Å². The monoisotopic (exact) mass is 369 g/mol. The molecule has 0 saturated heterocycles. The van der Waals surface area contributed by atoms with E-state index in [1.54, 1.807) is 12.1 Å². The highest BCUT2D eigenvalue weighted by molar-refractivity contribution is 7.98. The molecule has 1 N–H and O–H groups in total. The third-order valence-electron chi connectivity index (χ3n) is 3.06. The molecule has 0 radical (unpaired) electrons. The molecular weight excluding hydrogens is 353 g/mol. The van der Waals surface area contributed by atoms with Crippen LogP contribution in [-0.4, -0.2) is 35.3 Å². The van der Waals surface area contributed by atoms with Gasteiger partial charge in [-0.15, -0.1) is 0 Å². The average molecular weight is 370 g/mol. The highest BCUT2D eigenvalue weighted by Crippen LogP contribution is 2.16. The second-order valence-corrected chi connectivity index (χ2v) is 6.00. The van der Waals surface area contributed by atoms with Gasteiger partial charge in [0, 0.05) is 6.54 Å². The first-order valence-corrected chi connectivity index (χ1v) is 8.93. The van der Waals surface area contributed by atoms with E-state index in [0.29, 0.717) is 24.1 Å². The number of aromatic nitrogens is 2. The second-order valence-electron chi connectivity index (χ2n) is 4.82. The fourth-order valence-corrected chi connectivity index (χ4v) is 2.36. The lowest BCUT2D eigenvalue weighted by Gasteiger charge is -2.08. The number of unbranched alkanes of at least 4 members (excludes halogenated alkanes) is 1. The largest absolute Gasteiger partial charge is 0.494 e. The summed E-state index contributed by atoms with van der Waals surface area (Å²) in [5.41, 5.74) is 0.179. The van der Waals surface area contributed by atoms with E-state index in [1.165, 1.54) is 30.1 Å². The predicted octanol–water partition coefficient (Wildman–Crippen LogP) is 3.58. The number of thioether (sulfide) groups is 1. The third kappa shape index (κ3) is 5.65. The maximum atomic E-state index is 12.8. The predicted molar refractivity (Wildman–Crippen MR) is 92.3 cm³/mol. The number of halogens is 2. The number of hydrogen-bond donors (Lipinski definition) is 1. The molecule has 1 aromatic carbocycles. The van der Waals surface area contributed by atoms with Gasteiger partial charge < -0.3 is 10.1 Å². The Hall–Kier alpha value is -1.86. The Morgan fingerprint density at radius 2 is 2.08 bits per heavy atom. The van der Waals surface area contributed by atoms with Gasteiger partial charge >= 0.3 is 0 Å². The normalized spacial score (nSPS) is 10.5. The molecule has 0 aliphatic rings. The highest BCUT2D eigenvalue weighted by atomic mass is 35.5. The molecule has 128 valence electrons. The Balaban J connectivity index is 1.68. The van der Waals surface area contributed by atoms with Gasteiger partial charge in [-0.3, -0.25) is 4.79 Å². The van der Waals surface area contributed by atoms with Gasteiger partial charge in [0.05, 0.1) is 17.8 Å². The minimum atomic E-state index is -0.322. The van der Waals surface area contributed by atoms with Gasteiger partial charge in [-0.1, -0.05) is 23.4 Å². The molecule has 5 nitrogen and oxygen atoms in total. The fourth-order valence-electron chi connectivity index (χ4n) is 1.84. The number of rotatable bonds is 8. The molecule has 0 bridgehead atoms. The van der Waals surface area contributed by atoms with Crippen molar-refractivity contribution in [1.82, 2.24) is 15.3 Å². The van der Waals surface area contributed by atoms with Crippen LogP contribution in [0.15, 0.2) is 35.6 Å². The maximum absolute atomic E-state index is 12.8. The highest BCUT2D eigenvalue weighted by Gasteiger charge is 2.13. The third-order valence-corrected chi connectivity index (χ3v) is 3.90. The smallest absolute Gasteiger partial charge is 0.271 e. The molecule has 0 fully saturated rings. The maximum Gasteiger partial charge on any atom is 0.271 e. The van der Waals surface area contributed by atoms with Gasteiger partial charge in [0.2, 0.25) is 0 Å². The lowest BCUT2D eigenvalue weighted by atomic mass is 10.3. The Morgan fingerprint density at radius 1 is 1.33 bits per heavy atom. The first kappa shape index (κ1) is 18.5. The van der Waals surface area contributed by atoms with Crippen molar-refractivity contribution in [1.29, 1.82) is 0 Å². The van der Waals surface area contributed by atoms with Crippen molar-refractivity contribution in [2.75, 3.05) is 19.4 Å². The van der Waals surface area contributed by atoms with E-state index >= 15 is 0 Å². The summed E-state index contributed by atoms with van der Waals surface area (Å²) in [5.74, 6) is 0.00743. The summed E-state index contributed by atoms with van der Waals surface area (Å²) in [7, 11) is 0. The van der Waals surface area contributed by atoms with Crippen molar-refractivity contribution in [3.63, 3.8) is 0 Å². The van der Waals surface area contributed by atoms with E-state index in [9.17, 15) is 9.18 Å². The zero-order chi connectivity index (χ0) is 17.4. The van der Waals surface area contributed by atoms with Gasteiger partial charge in [0.1, 0.15) is 11.6 Å². The topological polar surface area (TPSA) is 64.1 Å². The molecule has 0 aliphatic carbocycles. The van der Waals surface area contributed by atoms with Crippen molar-refractivity contribution in [3.8, 4) is 5.75 Å². The Kier molecular flexibility index (Phi) is 7.27.